The van der Waals surface area contributed by atoms with Gasteiger partial charge in [0.2, 0.25) is 10.0 Å². The summed E-state index contributed by atoms with van der Waals surface area (Å²) in [6.07, 6.45) is 6.61. The minimum atomic E-state index is -3.77. The van der Waals surface area contributed by atoms with Crippen LogP contribution in [-0.2, 0) is 21.2 Å². The van der Waals surface area contributed by atoms with E-state index < -0.39 is 21.8 Å². The number of aryl methyl sites for hydroxylation is 1. The number of aliphatic carboxylic acids is 1. The number of hydrogen-bond acceptors (Lipinski definition) is 4. The highest BCUT2D eigenvalue weighted by molar-refractivity contribution is 7.89. The number of carbonyl (C=O) groups is 1. The molecular formula is C21H26FNO4S2. The molecule has 1 saturated carbocycles. The van der Waals surface area contributed by atoms with E-state index in [1.807, 2.05) is 12.1 Å². The summed E-state index contributed by atoms with van der Waals surface area (Å²) in [6.45, 7) is 0. The average molecular weight is 440 g/mol. The molecule has 3 rings (SSSR count). The lowest BCUT2D eigenvalue weighted by Gasteiger charge is -2.18. The Kier molecular flexibility index (Phi) is 7.43. The molecule has 5 nitrogen and oxygen atoms in total. The van der Waals surface area contributed by atoms with E-state index in [1.165, 1.54) is 36.3 Å². The minimum absolute atomic E-state index is 0.0457. The molecule has 1 aromatic carbocycles. The second kappa shape index (κ2) is 9.82. The monoisotopic (exact) mass is 439 g/mol. The van der Waals surface area contributed by atoms with Gasteiger partial charge < -0.3 is 5.11 Å². The topological polar surface area (TPSA) is 83.5 Å². The average Bonchev–Trinajstić information content (AvgIpc) is 3.36. The lowest BCUT2D eigenvalue weighted by molar-refractivity contribution is -0.137. The van der Waals surface area contributed by atoms with Crippen LogP contribution in [0.2, 0.25) is 0 Å². The van der Waals surface area contributed by atoms with E-state index in [-0.39, 0.29) is 17.4 Å². The molecule has 158 valence electrons. The SMILES string of the molecule is O=C(O)CCCc1ccc(C(CCCC2CC2)NS(=O)(=O)c2ccc(F)cc2)s1. The Labute approximate surface area is 175 Å². The summed E-state index contributed by atoms with van der Waals surface area (Å²) in [6, 6.07) is 8.35. The zero-order valence-corrected chi connectivity index (χ0v) is 17.8. The van der Waals surface area contributed by atoms with Crippen LogP contribution in [0.3, 0.4) is 0 Å². The Balaban J connectivity index is 1.70. The zero-order valence-electron chi connectivity index (χ0n) is 16.1. The molecule has 0 radical (unpaired) electrons. The van der Waals surface area contributed by atoms with Crippen molar-refractivity contribution in [2.24, 2.45) is 5.92 Å². The number of halogens is 1. The highest BCUT2D eigenvalue weighted by Gasteiger charge is 2.25. The van der Waals surface area contributed by atoms with Gasteiger partial charge >= 0.3 is 5.97 Å². The summed E-state index contributed by atoms with van der Waals surface area (Å²) in [7, 11) is -3.77. The highest BCUT2D eigenvalue weighted by atomic mass is 32.2. The van der Waals surface area contributed by atoms with E-state index in [2.05, 4.69) is 4.72 Å². The molecule has 1 aromatic heterocycles. The first-order chi connectivity index (χ1) is 13.8. The number of rotatable bonds is 12. The molecule has 1 heterocycles. The van der Waals surface area contributed by atoms with Gasteiger partial charge in [-0.05, 0) is 61.6 Å². The summed E-state index contributed by atoms with van der Waals surface area (Å²) >= 11 is 1.53. The van der Waals surface area contributed by atoms with Gasteiger partial charge in [-0.2, -0.15) is 0 Å². The predicted octanol–water partition coefficient (Wildman–Crippen LogP) is 4.89. The van der Waals surface area contributed by atoms with E-state index in [1.54, 1.807) is 0 Å². The Bertz CT molecular complexity index is 920. The van der Waals surface area contributed by atoms with Crippen molar-refractivity contribution >= 4 is 27.3 Å². The van der Waals surface area contributed by atoms with Gasteiger partial charge in [0.05, 0.1) is 10.9 Å². The maximum Gasteiger partial charge on any atom is 0.303 e. The Hall–Kier alpha value is -1.77. The third-order valence-electron chi connectivity index (χ3n) is 5.06. The van der Waals surface area contributed by atoms with Crippen LogP contribution in [0.15, 0.2) is 41.3 Å². The summed E-state index contributed by atoms with van der Waals surface area (Å²) in [5.74, 6) is -0.514. The maximum absolute atomic E-state index is 13.2. The lowest BCUT2D eigenvalue weighted by Crippen LogP contribution is -2.28. The number of hydrogen-bond donors (Lipinski definition) is 2. The van der Waals surface area contributed by atoms with Crippen molar-refractivity contribution in [3.8, 4) is 0 Å². The highest BCUT2D eigenvalue weighted by Crippen LogP contribution is 2.36. The quantitative estimate of drug-likeness (QED) is 0.493. The van der Waals surface area contributed by atoms with Crippen LogP contribution in [0.4, 0.5) is 4.39 Å². The van der Waals surface area contributed by atoms with Crippen molar-refractivity contribution in [3.05, 3.63) is 52.0 Å². The van der Waals surface area contributed by atoms with E-state index in [9.17, 15) is 17.6 Å². The Morgan fingerprint density at radius 3 is 2.55 bits per heavy atom. The Morgan fingerprint density at radius 1 is 1.17 bits per heavy atom. The Morgan fingerprint density at radius 2 is 1.90 bits per heavy atom. The molecule has 0 spiro atoms. The van der Waals surface area contributed by atoms with Gasteiger partial charge in [0.25, 0.3) is 0 Å². The number of nitrogens with one attached hydrogen (secondary N) is 1. The van der Waals surface area contributed by atoms with Crippen LogP contribution in [-0.4, -0.2) is 19.5 Å². The van der Waals surface area contributed by atoms with Gasteiger partial charge in [0, 0.05) is 16.2 Å². The van der Waals surface area contributed by atoms with Crippen LogP contribution in [0, 0.1) is 11.7 Å². The fourth-order valence-corrected chi connectivity index (χ4v) is 5.74. The van der Waals surface area contributed by atoms with E-state index in [4.69, 9.17) is 5.11 Å². The first-order valence-electron chi connectivity index (χ1n) is 9.92. The number of benzene rings is 1. The normalized spacial score (nSPS) is 15.3. The first kappa shape index (κ1) is 21.9. The molecule has 1 aliphatic rings. The molecule has 0 bridgehead atoms. The van der Waals surface area contributed by atoms with Crippen LogP contribution in [0.5, 0.6) is 0 Å². The van der Waals surface area contributed by atoms with Crippen molar-refractivity contribution in [3.63, 3.8) is 0 Å². The molecule has 1 atom stereocenters. The van der Waals surface area contributed by atoms with Gasteiger partial charge in [-0.1, -0.05) is 25.7 Å². The molecule has 0 amide bonds. The molecule has 8 heteroatoms. The minimum Gasteiger partial charge on any atom is -0.481 e. The molecule has 0 aliphatic heterocycles. The second-order valence-electron chi connectivity index (χ2n) is 7.55. The maximum atomic E-state index is 13.2. The summed E-state index contributed by atoms with van der Waals surface area (Å²) < 4.78 is 41.5. The largest absolute Gasteiger partial charge is 0.481 e. The van der Waals surface area contributed by atoms with Crippen molar-refractivity contribution in [2.45, 2.75) is 62.3 Å². The van der Waals surface area contributed by atoms with Crippen LogP contribution in [0.1, 0.15) is 60.7 Å². The lowest BCUT2D eigenvalue weighted by atomic mass is 10.1. The standard InChI is InChI=1S/C21H26FNO4S2/c22-16-9-12-18(13-10-16)29(26,27)23-19(5-1-3-15-7-8-15)20-14-11-17(28-20)4-2-6-21(24)25/h9-15,19,23H,1-8H2,(H,24,25). The summed E-state index contributed by atoms with van der Waals surface area (Å²) in [4.78, 5) is 12.7. The van der Waals surface area contributed by atoms with Gasteiger partial charge in [-0.25, -0.2) is 17.5 Å². The molecule has 2 aromatic rings. The molecule has 1 aliphatic carbocycles. The molecular weight excluding hydrogens is 413 g/mol. The molecule has 1 unspecified atom stereocenters. The molecule has 2 N–H and O–H groups in total. The molecule has 29 heavy (non-hydrogen) atoms. The van der Waals surface area contributed by atoms with Gasteiger partial charge in [-0.15, -0.1) is 11.3 Å². The van der Waals surface area contributed by atoms with E-state index in [0.29, 0.717) is 19.3 Å². The number of sulfonamides is 1. The first-order valence-corrected chi connectivity index (χ1v) is 12.2. The van der Waals surface area contributed by atoms with Crippen molar-refractivity contribution in [2.75, 3.05) is 0 Å². The van der Waals surface area contributed by atoms with Crippen LogP contribution >= 0.6 is 11.3 Å². The zero-order chi connectivity index (χ0) is 20.9. The van der Waals surface area contributed by atoms with E-state index >= 15 is 0 Å². The van der Waals surface area contributed by atoms with Gasteiger partial charge in [0.1, 0.15) is 5.82 Å². The number of carboxylic acids is 1. The van der Waals surface area contributed by atoms with Crippen molar-refractivity contribution < 1.29 is 22.7 Å². The van der Waals surface area contributed by atoms with Gasteiger partial charge in [-0.3, -0.25) is 4.79 Å². The number of thiophene rings is 1. The second-order valence-corrected chi connectivity index (χ2v) is 10.5. The fraction of sp³-hybridized carbons (Fsp3) is 0.476. The molecule has 1 fully saturated rings. The predicted molar refractivity (Wildman–Crippen MR) is 111 cm³/mol. The molecule has 0 saturated heterocycles. The van der Waals surface area contributed by atoms with Gasteiger partial charge in [0.15, 0.2) is 0 Å². The smallest absolute Gasteiger partial charge is 0.303 e. The third-order valence-corrected chi connectivity index (χ3v) is 7.81. The van der Waals surface area contributed by atoms with E-state index in [0.717, 1.165) is 40.6 Å². The fourth-order valence-electron chi connectivity index (χ4n) is 3.28. The van der Waals surface area contributed by atoms with Crippen LogP contribution < -0.4 is 4.72 Å². The number of carboxylic acid groups (broad SMARTS) is 1. The van der Waals surface area contributed by atoms with Crippen molar-refractivity contribution in [1.29, 1.82) is 0 Å². The summed E-state index contributed by atoms with van der Waals surface area (Å²) in [5.41, 5.74) is 0. The van der Waals surface area contributed by atoms with Crippen molar-refractivity contribution in [1.82, 2.24) is 4.72 Å². The third kappa shape index (κ3) is 6.90. The van der Waals surface area contributed by atoms with Crippen LogP contribution in [0.25, 0.3) is 0 Å². The summed E-state index contributed by atoms with van der Waals surface area (Å²) in [5, 5.41) is 8.79.